The fraction of sp³-hybridized carbons (Fsp3) is 0.500. The highest BCUT2D eigenvalue weighted by molar-refractivity contribution is 6.32. The van der Waals surface area contributed by atoms with E-state index in [0.717, 1.165) is 24.3 Å². The molecule has 1 amide bonds. The average Bonchev–Trinajstić information content (AvgIpc) is 3.04. The number of nitrogens with zero attached hydrogens (tertiary/aromatic N) is 1. The minimum atomic E-state index is -0.176. The van der Waals surface area contributed by atoms with E-state index in [1.165, 1.54) is 6.92 Å². The monoisotopic (exact) mass is 392 g/mol. The van der Waals surface area contributed by atoms with Crippen LogP contribution in [-0.2, 0) is 4.79 Å². The van der Waals surface area contributed by atoms with E-state index in [4.69, 9.17) is 25.6 Å². The molecule has 0 spiro atoms. The standard InChI is InChI=1S/C20H25ClN2O4/c1-4-25-16-5-6-19(17(21)9-16)26-11-14-7-15(8-14)18-10-20(27-23-18)12(2)22-13(3)24/h5-6,9-10,12,14-15H,4,7-8,11H2,1-3H3,(H,22,24)/t12-,14?,15?/m0/s1. The summed E-state index contributed by atoms with van der Waals surface area (Å²) in [4.78, 5) is 11.1. The molecule has 1 aromatic heterocycles. The number of benzene rings is 1. The van der Waals surface area contributed by atoms with Crippen molar-refractivity contribution >= 4 is 17.5 Å². The number of rotatable bonds is 8. The lowest BCUT2D eigenvalue weighted by Crippen LogP contribution is -2.27. The number of halogens is 1. The number of amides is 1. The SMILES string of the molecule is CCOc1ccc(OCC2CC(c3cc([C@H](C)NC(C)=O)on3)C2)c(Cl)c1. The van der Waals surface area contributed by atoms with E-state index < -0.39 is 0 Å². The van der Waals surface area contributed by atoms with Gasteiger partial charge in [0.15, 0.2) is 5.76 Å². The van der Waals surface area contributed by atoms with Crippen molar-refractivity contribution in [2.75, 3.05) is 13.2 Å². The van der Waals surface area contributed by atoms with Gasteiger partial charge in [0.25, 0.3) is 0 Å². The molecule has 7 heteroatoms. The van der Waals surface area contributed by atoms with Gasteiger partial charge in [0.2, 0.25) is 5.91 Å². The van der Waals surface area contributed by atoms with Crippen molar-refractivity contribution < 1.29 is 18.8 Å². The Morgan fingerprint density at radius 1 is 1.37 bits per heavy atom. The lowest BCUT2D eigenvalue weighted by Gasteiger charge is -2.33. The molecule has 0 aliphatic heterocycles. The summed E-state index contributed by atoms with van der Waals surface area (Å²) in [5.41, 5.74) is 0.942. The first-order chi connectivity index (χ1) is 13.0. The Bertz CT molecular complexity index is 786. The van der Waals surface area contributed by atoms with Crippen molar-refractivity contribution in [2.45, 2.75) is 45.6 Å². The Balaban J connectivity index is 1.46. The first-order valence-corrected chi connectivity index (χ1v) is 9.62. The molecule has 3 rings (SSSR count). The first-order valence-electron chi connectivity index (χ1n) is 9.25. The predicted octanol–water partition coefficient (Wildman–Crippen LogP) is 4.50. The van der Waals surface area contributed by atoms with Crippen LogP contribution in [0.4, 0.5) is 0 Å². The summed E-state index contributed by atoms with van der Waals surface area (Å²) in [7, 11) is 0. The highest BCUT2D eigenvalue weighted by Gasteiger charge is 2.33. The third-order valence-electron chi connectivity index (χ3n) is 4.74. The van der Waals surface area contributed by atoms with Crippen LogP contribution in [-0.4, -0.2) is 24.3 Å². The topological polar surface area (TPSA) is 73.6 Å². The van der Waals surface area contributed by atoms with Crippen molar-refractivity contribution in [3.8, 4) is 11.5 Å². The van der Waals surface area contributed by atoms with Crippen LogP contribution in [0, 0.1) is 5.92 Å². The quantitative estimate of drug-likeness (QED) is 0.716. The molecule has 0 bridgehead atoms. The Kier molecular flexibility index (Phi) is 6.26. The minimum Gasteiger partial charge on any atom is -0.494 e. The van der Waals surface area contributed by atoms with Gasteiger partial charge in [-0.05, 0) is 44.7 Å². The number of hydrogen-bond donors (Lipinski definition) is 1. The summed E-state index contributed by atoms with van der Waals surface area (Å²) in [6, 6.07) is 7.24. The van der Waals surface area contributed by atoms with Crippen molar-refractivity contribution in [2.24, 2.45) is 5.92 Å². The summed E-state index contributed by atoms with van der Waals surface area (Å²) in [5, 5.41) is 7.52. The molecule has 27 heavy (non-hydrogen) atoms. The van der Waals surface area contributed by atoms with E-state index in [-0.39, 0.29) is 11.9 Å². The van der Waals surface area contributed by atoms with Crippen molar-refractivity contribution in [1.82, 2.24) is 10.5 Å². The molecular formula is C20H25ClN2O4. The van der Waals surface area contributed by atoms with Gasteiger partial charge in [0.1, 0.15) is 11.5 Å². The van der Waals surface area contributed by atoms with Crippen LogP contribution in [0.25, 0.3) is 0 Å². The first kappa shape index (κ1) is 19.5. The van der Waals surface area contributed by atoms with E-state index in [1.807, 2.05) is 32.0 Å². The Labute approximate surface area is 164 Å². The highest BCUT2D eigenvalue weighted by atomic mass is 35.5. The van der Waals surface area contributed by atoms with Gasteiger partial charge in [-0.1, -0.05) is 16.8 Å². The number of hydrogen-bond acceptors (Lipinski definition) is 5. The second-order valence-corrected chi connectivity index (χ2v) is 7.35. The van der Waals surface area contributed by atoms with Gasteiger partial charge in [-0.15, -0.1) is 0 Å². The van der Waals surface area contributed by atoms with Gasteiger partial charge in [-0.25, -0.2) is 0 Å². The Morgan fingerprint density at radius 2 is 2.15 bits per heavy atom. The van der Waals surface area contributed by atoms with Crippen LogP contribution in [0.1, 0.15) is 57.0 Å². The van der Waals surface area contributed by atoms with Crippen LogP contribution >= 0.6 is 11.6 Å². The Morgan fingerprint density at radius 3 is 2.81 bits per heavy atom. The van der Waals surface area contributed by atoms with Gasteiger partial charge >= 0.3 is 0 Å². The zero-order valence-electron chi connectivity index (χ0n) is 15.8. The summed E-state index contributed by atoms with van der Waals surface area (Å²) in [5.74, 6) is 2.85. The highest BCUT2D eigenvalue weighted by Crippen LogP contribution is 2.42. The lowest BCUT2D eigenvalue weighted by atomic mass is 9.73. The van der Waals surface area contributed by atoms with Gasteiger partial charge in [-0.2, -0.15) is 0 Å². The number of carbonyl (C=O) groups excluding carboxylic acids is 1. The largest absolute Gasteiger partial charge is 0.494 e. The molecule has 0 unspecified atom stereocenters. The molecule has 1 aliphatic carbocycles. The van der Waals surface area contributed by atoms with Crippen molar-refractivity contribution in [3.63, 3.8) is 0 Å². The molecule has 2 aromatic rings. The second-order valence-electron chi connectivity index (χ2n) is 6.95. The van der Waals surface area contributed by atoms with Gasteiger partial charge in [0.05, 0.1) is 30.0 Å². The number of aromatic nitrogens is 1. The summed E-state index contributed by atoms with van der Waals surface area (Å²) >= 11 is 6.25. The number of carbonyl (C=O) groups is 1. The van der Waals surface area contributed by atoms with Crippen LogP contribution in [0.2, 0.25) is 5.02 Å². The maximum atomic E-state index is 11.1. The van der Waals surface area contributed by atoms with Gasteiger partial charge in [-0.3, -0.25) is 4.79 Å². The normalized spacial score (nSPS) is 19.9. The fourth-order valence-corrected chi connectivity index (χ4v) is 3.48. The molecule has 1 heterocycles. The van der Waals surface area contributed by atoms with Crippen LogP contribution < -0.4 is 14.8 Å². The number of ether oxygens (including phenoxy) is 2. The van der Waals surface area contributed by atoms with Gasteiger partial charge in [0, 0.05) is 25.0 Å². The summed E-state index contributed by atoms with van der Waals surface area (Å²) in [6.45, 7) is 6.53. The molecule has 1 fully saturated rings. The Hall–Kier alpha value is -2.21. The molecule has 146 valence electrons. The molecule has 0 saturated heterocycles. The molecule has 1 aromatic carbocycles. The molecule has 1 N–H and O–H groups in total. The second kappa shape index (κ2) is 8.65. The maximum absolute atomic E-state index is 11.1. The van der Waals surface area contributed by atoms with Crippen molar-refractivity contribution in [3.05, 3.63) is 40.7 Å². The summed E-state index contributed by atoms with van der Waals surface area (Å²) < 4.78 is 16.7. The van der Waals surface area contributed by atoms with E-state index in [9.17, 15) is 4.79 Å². The summed E-state index contributed by atoms with van der Waals surface area (Å²) in [6.07, 6.45) is 1.99. The lowest BCUT2D eigenvalue weighted by molar-refractivity contribution is -0.119. The van der Waals surface area contributed by atoms with Crippen molar-refractivity contribution in [1.29, 1.82) is 0 Å². The molecule has 1 saturated carbocycles. The van der Waals surface area contributed by atoms with Crippen LogP contribution in [0.5, 0.6) is 11.5 Å². The number of nitrogens with one attached hydrogen (secondary N) is 1. The van der Waals surface area contributed by atoms with Crippen LogP contribution in [0.15, 0.2) is 28.8 Å². The third-order valence-corrected chi connectivity index (χ3v) is 5.03. The zero-order chi connectivity index (χ0) is 19.4. The van der Waals surface area contributed by atoms with Gasteiger partial charge < -0.3 is 19.3 Å². The smallest absolute Gasteiger partial charge is 0.217 e. The molecule has 6 nitrogen and oxygen atoms in total. The minimum absolute atomic E-state index is 0.0887. The molecule has 1 aliphatic rings. The predicted molar refractivity (Wildman–Crippen MR) is 102 cm³/mol. The fourth-order valence-electron chi connectivity index (χ4n) is 3.25. The van der Waals surface area contributed by atoms with E-state index in [2.05, 4.69) is 10.5 Å². The molecule has 1 atom stereocenters. The average molecular weight is 393 g/mol. The molecule has 0 radical (unpaired) electrons. The third kappa shape index (κ3) is 4.95. The van der Waals surface area contributed by atoms with E-state index in [0.29, 0.717) is 41.6 Å². The van der Waals surface area contributed by atoms with E-state index in [1.54, 1.807) is 6.07 Å². The van der Waals surface area contributed by atoms with E-state index >= 15 is 0 Å². The van der Waals surface area contributed by atoms with Crippen LogP contribution in [0.3, 0.4) is 0 Å². The maximum Gasteiger partial charge on any atom is 0.217 e. The zero-order valence-corrected chi connectivity index (χ0v) is 16.6. The molecular weight excluding hydrogens is 368 g/mol.